The molecule has 0 unspecified atom stereocenters. The van der Waals surface area contributed by atoms with Crippen molar-refractivity contribution >= 4 is 0 Å². The summed E-state index contributed by atoms with van der Waals surface area (Å²) >= 11 is 0. The van der Waals surface area contributed by atoms with E-state index < -0.39 is 0 Å². The van der Waals surface area contributed by atoms with Crippen molar-refractivity contribution in [2.45, 2.75) is 20.0 Å². The van der Waals surface area contributed by atoms with Crippen LogP contribution >= 0.6 is 0 Å². The van der Waals surface area contributed by atoms with Gasteiger partial charge in [0.15, 0.2) is 0 Å². The molecule has 98 valence electrons. The van der Waals surface area contributed by atoms with Gasteiger partial charge in [0.05, 0.1) is 23.3 Å². The van der Waals surface area contributed by atoms with Crippen molar-refractivity contribution in [2.75, 3.05) is 0 Å². The average Bonchev–Trinajstić information content (AvgIpc) is 2.49. The molecule has 0 aliphatic rings. The van der Waals surface area contributed by atoms with E-state index in [2.05, 4.69) is 17.5 Å². The Balaban J connectivity index is 1.93. The minimum absolute atomic E-state index is 0.677. The Hall–Kier alpha value is -2.62. The Bertz CT molecular complexity index is 673. The highest BCUT2D eigenvalue weighted by molar-refractivity contribution is 5.37. The van der Waals surface area contributed by atoms with Gasteiger partial charge in [-0.3, -0.25) is 0 Å². The van der Waals surface area contributed by atoms with E-state index in [4.69, 9.17) is 10.5 Å². The maximum Gasteiger partial charge on any atom is 0.0991 e. The SMILES string of the molecule is Cc1cc(C#N)ccc1CNCc1ccc(C#N)cc1. The summed E-state index contributed by atoms with van der Waals surface area (Å²) in [6, 6.07) is 17.5. The fourth-order valence-electron chi connectivity index (χ4n) is 2.00. The quantitative estimate of drug-likeness (QED) is 0.920. The highest BCUT2D eigenvalue weighted by Crippen LogP contribution is 2.11. The molecule has 0 aliphatic heterocycles. The van der Waals surface area contributed by atoms with Crippen molar-refractivity contribution in [2.24, 2.45) is 0 Å². The first-order valence-corrected chi connectivity index (χ1v) is 6.42. The van der Waals surface area contributed by atoms with Gasteiger partial charge in [0.1, 0.15) is 0 Å². The number of nitrogens with zero attached hydrogens (tertiary/aromatic N) is 2. The van der Waals surface area contributed by atoms with Crippen molar-refractivity contribution in [1.29, 1.82) is 10.5 Å². The van der Waals surface area contributed by atoms with Gasteiger partial charge in [-0.15, -0.1) is 0 Å². The Morgan fingerprint density at radius 2 is 1.55 bits per heavy atom. The lowest BCUT2D eigenvalue weighted by Gasteiger charge is -2.08. The van der Waals surface area contributed by atoms with Gasteiger partial charge in [0, 0.05) is 13.1 Å². The lowest BCUT2D eigenvalue weighted by atomic mass is 10.1. The van der Waals surface area contributed by atoms with E-state index >= 15 is 0 Å². The van der Waals surface area contributed by atoms with E-state index in [1.807, 2.05) is 49.4 Å². The molecular weight excluding hydrogens is 246 g/mol. The van der Waals surface area contributed by atoms with Gasteiger partial charge in [-0.2, -0.15) is 10.5 Å². The van der Waals surface area contributed by atoms with Gasteiger partial charge in [0.2, 0.25) is 0 Å². The second kappa shape index (κ2) is 6.52. The highest BCUT2D eigenvalue weighted by Gasteiger charge is 2.00. The minimum atomic E-state index is 0.677. The molecule has 0 spiro atoms. The Labute approximate surface area is 119 Å². The van der Waals surface area contributed by atoms with E-state index in [-0.39, 0.29) is 0 Å². The largest absolute Gasteiger partial charge is 0.309 e. The number of nitrogens with one attached hydrogen (secondary N) is 1. The maximum absolute atomic E-state index is 8.83. The number of nitriles is 2. The molecule has 2 rings (SSSR count). The molecule has 0 heterocycles. The fraction of sp³-hybridized carbons (Fsp3) is 0.176. The zero-order valence-corrected chi connectivity index (χ0v) is 11.4. The van der Waals surface area contributed by atoms with E-state index in [1.165, 1.54) is 5.56 Å². The summed E-state index contributed by atoms with van der Waals surface area (Å²) in [6.07, 6.45) is 0. The van der Waals surface area contributed by atoms with Crippen LogP contribution in [-0.2, 0) is 13.1 Å². The molecule has 3 nitrogen and oxygen atoms in total. The molecule has 2 aromatic carbocycles. The summed E-state index contributed by atoms with van der Waals surface area (Å²) in [5.74, 6) is 0. The van der Waals surface area contributed by atoms with Crippen LogP contribution in [0.15, 0.2) is 42.5 Å². The molecule has 0 aromatic heterocycles. The second-order valence-corrected chi connectivity index (χ2v) is 4.67. The third-order valence-corrected chi connectivity index (χ3v) is 3.20. The summed E-state index contributed by atoms with van der Waals surface area (Å²) in [5, 5.41) is 20.9. The van der Waals surface area contributed by atoms with Crippen LogP contribution in [0.1, 0.15) is 27.8 Å². The van der Waals surface area contributed by atoms with Crippen LogP contribution in [0.2, 0.25) is 0 Å². The number of aryl methyl sites for hydroxylation is 1. The number of hydrogen-bond acceptors (Lipinski definition) is 3. The van der Waals surface area contributed by atoms with Gasteiger partial charge in [-0.05, 0) is 47.9 Å². The normalized spacial score (nSPS) is 9.75. The topological polar surface area (TPSA) is 59.6 Å². The predicted octanol–water partition coefficient (Wildman–Crippen LogP) is 3.03. The Kier molecular flexibility index (Phi) is 4.50. The average molecular weight is 261 g/mol. The van der Waals surface area contributed by atoms with Crippen LogP contribution in [0.25, 0.3) is 0 Å². The summed E-state index contributed by atoms with van der Waals surface area (Å²) in [5.41, 5.74) is 4.83. The first kappa shape index (κ1) is 13.8. The van der Waals surface area contributed by atoms with Crippen LogP contribution < -0.4 is 5.32 Å². The minimum Gasteiger partial charge on any atom is -0.309 e. The van der Waals surface area contributed by atoms with Gasteiger partial charge in [-0.25, -0.2) is 0 Å². The van der Waals surface area contributed by atoms with Gasteiger partial charge < -0.3 is 5.32 Å². The molecule has 0 atom stereocenters. The number of rotatable bonds is 4. The maximum atomic E-state index is 8.83. The molecular formula is C17H15N3. The Morgan fingerprint density at radius 3 is 2.15 bits per heavy atom. The van der Waals surface area contributed by atoms with Crippen LogP contribution in [0.4, 0.5) is 0 Å². The van der Waals surface area contributed by atoms with Crippen LogP contribution in [0.5, 0.6) is 0 Å². The molecule has 0 amide bonds. The highest BCUT2D eigenvalue weighted by atomic mass is 14.8. The molecule has 3 heteroatoms. The van der Waals surface area contributed by atoms with Gasteiger partial charge >= 0.3 is 0 Å². The van der Waals surface area contributed by atoms with E-state index in [0.717, 1.165) is 24.2 Å². The molecule has 0 saturated heterocycles. The zero-order valence-electron chi connectivity index (χ0n) is 11.4. The summed E-state index contributed by atoms with van der Waals surface area (Å²) < 4.78 is 0. The standard InChI is InChI=1S/C17H15N3/c1-13-8-16(10-19)6-7-17(13)12-20-11-15-4-2-14(9-18)3-5-15/h2-8,20H,11-12H2,1H3. The first-order valence-electron chi connectivity index (χ1n) is 6.42. The summed E-state index contributed by atoms with van der Waals surface area (Å²) in [7, 11) is 0. The van der Waals surface area contributed by atoms with E-state index in [1.54, 1.807) is 0 Å². The molecule has 2 aromatic rings. The van der Waals surface area contributed by atoms with Gasteiger partial charge in [0.25, 0.3) is 0 Å². The van der Waals surface area contributed by atoms with Crippen molar-refractivity contribution in [1.82, 2.24) is 5.32 Å². The molecule has 0 saturated carbocycles. The van der Waals surface area contributed by atoms with Crippen molar-refractivity contribution in [3.63, 3.8) is 0 Å². The Morgan fingerprint density at radius 1 is 0.900 bits per heavy atom. The molecule has 0 fully saturated rings. The van der Waals surface area contributed by atoms with Crippen LogP contribution in [-0.4, -0.2) is 0 Å². The summed E-state index contributed by atoms with van der Waals surface area (Å²) in [4.78, 5) is 0. The zero-order chi connectivity index (χ0) is 14.4. The smallest absolute Gasteiger partial charge is 0.0991 e. The molecule has 0 bridgehead atoms. The summed E-state index contributed by atoms with van der Waals surface area (Å²) in [6.45, 7) is 3.53. The fourth-order valence-corrected chi connectivity index (χ4v) is 2.00. The number of benzene rings is 2. The number of hydrogen-bond donors (Lipinski definition) is 1. The molecule has 20 heavy (non-hydrogen) atoms. The van der Waals surface area contributed by atoms with E-state index in [0.29, 0.717) is 11.1 Å². The monoisotopic (exact) mass is 261 g/mol. The molecule has 0 aliphatic carbocycles. The van der Waals surface area contributed by atoms with Crippen molar-refractivity contribution in [3.8, 4) is 12.1 Å². The van der Waals surface area contributed by atoms with Gasteiger partial charge in [-0.1, -0.05) is 18.2 Å². The van der Waals surface area contributed by atoms with Crippen molar-refractivity contribution < 1.29 is 0 Å². The van der Waals surface area contributed by atoms with Crippen LogP contribution in [0.3, 0.4) is 0 Å². The third-order valence-electron chi connectivity index (χ3n) is 3.20. The third kappa shape index (κ3) is 3.45. The second-order valence-electron chi connectivity index (χ2n) is 4.67. The predicted molar refractivity (Wildman–Crippen MR) is 77.6 cm³/mol. The van der Waals surface area contributed by atoms with Crippen molar-refractivity contribution in [3.05, 3.63) is 70.3 Å². The van der Waals surface area contributed by atoms with E-state index in [9.17, 15) is 0 Å². The van der Waals surface area contributed by atoms with Crippen LogP contribution in [0, 0.1) is 29.6 Å². The molecule has 1 N–H and O–H groups in total. The molecule has 0 radical (unpaired) electrons. The lowest BCUT2D eigenvalue weighted by Crippen LogP contribution is -2.13. The first-order chi connectivity index (χ1) is 9.72. The lowest BCUT2D eigenvalue weighted by molar-refractivity contribution is 0.690.